The number of hydrogen-bond acceptors (Lipinski definition) is 4. The minimum absolute atomic E-state index is 0.589. The Morgan fingerprint density at radius 1 is 1.04 bits per heavy atom. The molecule has 1 aromatic heterocycles. The molecule has 2 saturated heterocycles. The molecule has 1 atom stereocenters. The first-order valence-corrected chi connectivity index (χ1v) is 11.0. The highest BCUT2D eigenvalue weighted by molar-refractivity contribution is 7.14. The van der Waals surface area contributed by atoms with Crippen LogP contribution in [0.25, 0.3) is 10.4 Å². The fraction of sp³-hybridized carbons (Fsp3) is 0.545. The van der Waals surface area contributed by atoms with E-state index in [1.807, 2.05) is 11.3 Å². The van der Waals surface area contributed by atoms with E-state index in [4.69, 9.17) is 4.74 Å². The van der Waals surface area contributed by atoms with Crippen molar-refractivity contribution in [3.8, 4) is 10.4 Å². The Morgan fingerprint density at radius 2 is 1.85 bits per heavy atom. The minimum atomic E-state index is -0.632. The molecule has 0 unspecified atom stereocenters. The average molecular weight is 389 g/mol. The van der Waals surface area contributed by atoms with Crippen LogP contribution in [0, 0.1) is 5.92 Å². The maximum Gasteiger partial charge on any atom is 0.114 e. The first kappa shape index (κ1) is 18.9. The van der Waals surface area contributed by atoms with Crippen molar-refractivity contribution in [2.24, 2.45) is 5.92 Å². The van der Waals surface area contributed by atoms with Crippen LogP contribution in [0.2, 0.25) is 0 Å². The zero-order valence-electron chi connectivity index (χ0n) is 15.9. The largest absolute Gasteiger partial charge is 0.380 e. The SMILES string of the molecule is F[C@H]1CCN(CCOCC2CCN(c3ccsc3-c3ccccc3)CC2)C1. The molecule has 0 aliphatic carbocycles. The van der Waals surface area contributed by atoms with Gasteiger partial charge in [0.05, 0.1) is 17.2 Å². The zero-order chi connectivity index (χ0) is 18.5. The van der Waals surface area contributed by atoms with Gasteiger partial charge in [0.1, 0.15) is 6.17 Å². The average Bonchev–Trinajstić information content (AvgIpc) is 3.36. The van der Waals surface area contributed by atoms with E-state index in [-0.39, 0.29) is 0 Å². The summed E-state index contributed by atoms with van der Waals surface area (Å²) in [6.07, 6.45) is 2.42. The van der Waals surface area contributed by atoms with Crippen molar-refractivity contribution < 1.29 is 9.13 Å². The lowest BCUT2D eigenvalue weighted by Gasteiger charge is -2.33. The molecule has 4 rings (SSSR count). The Hall–Kier alpha value is -1.43. The molecule has 0 bridgehead atoms. The van der Waals surface area contributed by atoms with Crippen LogP contribution in [0.3, 0.4) is 0 Å². The standard InChI is InChI=1S/C22H29FN2OS/c23-20-8-10-24(16-20)13-14-26-17-18-6-11-25(12-7-18)21-9-15-27-22(21)19-4-2-1-3-5-19/h1-5,9,15,18,20H,6-8,10-14,16-17H2/t20-/m0/s1. The summed E-state index contributed by atoms with van der Waals surface area (Å²) >= 11 is 1.83. The number of benzene rings is 1. The predicted octanol–water partition coefficient (Wildman–Crippen LogP) is 4.69. The van der Waals surface area contributed by atoms with Crippen LogP contribution in [0.5, 0.6) is 0 Å². The number of alkyl halides is 1. The molecule has 0 N–H and O–H groups in total. The Balaban J connectivity index is 1.21. The molecule has 3 heterocycles. The number of ether oxygens (including phenoxy) is 1. The highest BCUT2D eigenvalue weighted by Gasteiger charge is 2.23. The summed E-state index contributed by atoms with van der Waals surface area (Å²) in [6.45, 7) is 6.11. The second-order valence-corrected chi connectivity index (χ2v) is 8.61. The van der Waals surface area contributed by atoms with Gasteiger partial charge in [0.15, 0.2) is 0 Å². The van der Waals surface area contributed by atoms with Crippen molar-refractivity contribution >= 4 is 17.0 Å². The lowest BCUT2D eigenvalue weighted by Crippen LogP contribution is -2.35. The van der Waals surface area contributed by atoms with Gasteiger partial charge < -0.3 is 9.64 Å². The van der Waals surface area contributed by atoms with Gasteiger partial charge in [-0.1, -0.05) is 30.3 Å². The van der Waals surface area contributed by atoms with Gasteiger partial charge in [-0.25, -0.2) is 4.39 Å². The first-order chi connectivity index (χ1) is 13.3. The van der Waals surface area contributed by atoms with Gasteiger partial charge in [0, 0.05) is 39.3 Å². The molecule has 2 aliphatic rings. The number of anilines is 1. The van der Waals surface area contributed by atoms with Crippen molar-refractivity contribution in [1.82, 2.24) is 4.90 Å². The Bertz CT molecular complexity index is 699. The number of hydrogen-bond donors (Lipinski definition) is 0. The second kappa shape index (κ2) is 9.18. The van der Waals surface area contributed by atoms with Crippen molar-refractivity contribution in [1.29, 1.82) is 0 Å². The molecule has 0 radical (unpaired) electrons. The third kappa shape index (κ3) is 4.89. The maximum atomic E-state index is 13.2. The molecule has 2 fully saturated rings. The van der Waals surface area contributed by atoms with Crippen LogP contribution in [0.15, 0.2) is 41.8 Å². The first-order valence-electron chi connectivity index (χ1n) is 10.1. The summed E-state index contributed by atoms with van der Waals surface area (Å²) in [5, 5.41) is 2.20. The molecule has 1 aromatic carbocycles. The van der Waals surface area contributed by atoms with Gasteiger partial charge in [-0.05, 0) is 42.2 Å². The summed E-state index contributed by atoms with van der Waals surface area (Å²) in [4.78, 5) is 6.08. The third-order valence-corrected chi connectivity index (χ3v) is 6.71. The zero-order valence-corrected chi connectivity index (χ0v) is 16.7. The Labute approximate surface area is 165 Å². The van der Waals surface area contributed by atoms with Gasteiger partial charge in [-0.15, -0.1) is 11.3 Å². The van der Waals surface area contributed by atoms with Gasteiger partial charge in [-0.3, -0.25) is 4.90 Å². The highest BCUT2D eigenvalue weighted by Crippen LogP contribution is 2.37. The van der Waals surface area contributed by atoms with Crippen LogP contribution in [0.1, 0.15) is 19.3 Å². The van der Waals surface area contributed by atoms with E-state index < -0.39 is 6.17 Å². The molecule has 0 saturated carbocycles. The van der Waals surface area contributed by atoms with E-state index >= 15 is 0 Å². The van der Waals surface area contributed by atoms with E-state index in [0.29, 0.717) is 18.9 Å². The van der Waals surface area contributed by atoms with Gasteiger partial charge in [0.25, 0.3) is 0 Å². The molecule has 2 aliphatic heterocycles. The van der Waals surface area contributed by atoms with Crippen LogP contribution >= 0.6 is 11.3 Å². The van der Waals surface area contributed by atoms with Gasteiger partial charge in [-0.2, -0.15) is 0 Å². The molecule has 146 valence electrons. The fourth-order valence-corrected chi connectivity index (χ4v) is 5.05. The predicted molar refractivity (Wildman–Crippen MR) is 111 cm³/mol. The summed E-state index contributed by atoms with van der Waals surface area (Å²) < 4.78 is 19.1. The maximum absolute atomic E-state index is 13.2. The number of thiophene rings is 1. The van der Waals surface area contributed by atoms with Gasteiger partial charge >= 0.3 is 0 Å². The van der Waals surface area contributed by atoms with Crippen LogP contribution in [-0.4, -0.2) is 57.0 Å². The molecule has 5 heteroatoms. The molecule has 27 heavy (non-hydrogen) atoms. The molecule has 3 nitrogen and oxygen atoms in total. The number of halogens is 1. The van der Waals surface area contributed by atoms with Crippen LogP contribution in [-0.2, 0) is 4.74 Å². The molecule has 0 amide bonds. The number of likely N-dealkylation sites (tertiary alicyclic amines) is 1. The van der Waals surface area contributed by atoms with Crippen LogP contribution < -0.4 is 4.90 Å². The monoisotopic (exact) mass is 388 g/mol. The van der Waals surface area contributed by atoms with Crippen molar-refractivity contribution in [2.75, 3.05) is 50.8 Å². The topological polar surface area (TPSA) is 15.7 Å². The normalized spacial score (nSPS) is 21.8. The van der Waals surface area contributed by atoms with Crippen molar-refractivity contribution in [2.45, 2.75) is 25.4 Å². The molecule has 0 spiro atoms. The van der Waals surface area contributed by atoms with Gasteiger partial charge in [0.2, 0.25) is 0 Å². The van der Waals surface area contributed by atoms with Crippen molar-refractivity contribution in [3.05, 3.63) is 41.8 Å². The van der Waals surface area contributed by atoms with Crippen LogP contribution in [0.4, 0.5) is 10.1 Å². The third-order valence-electron chi connectivity index (χ3n) is 5.76. The lowest BCUT2D eigenvalue weighted by molar-refractivity contribution is 0.0742. The lowest BCUT2D eigenvalue weighted by atomic mass is 9.97. The smallest absolute Gasteiger partial charge is 0.114 e. The highest BCUT2D eigenvalue weighted by atomic mass is 32.1. The molecular weight excluding hydrogens is 359 g/mol. The van der Waals surface area contributed by atoms with Crippen molar-refractivity contribution in [3.63, 3.8) is 0 Å². The van der Waals surface area contributed by atoms with E-state index in [2.05, 4.69) is 51.6 Å². The Morgan fingerprint density at radius 3 is 2.59 bits per heavy atom. The molecule has 2 aromatic rings. The van der Waals surface area contributed by atoms with E-state index in [9.17, 15) is 4.39 Å². The van der Waals surface area contributed by atoms with E-state index in [0.717, 1.165) is 39.4 Å². The quantitative estimate of drug-likeness (QED) is 0.640. The number of piperidine rings is 1. The van der Waals surface area contributed by atoms with E-state index in [1.54, 1.807) is 0 Å². The number of nitrogens with zero attached hydrogens (tertiary/aromatic N) is 2. The number of rotatable bonds is 7. The summed E-state index contributed by atoms with van der Waals surface area (Å²) in [5.41, 5.74) is 2.69. The summed E-state index contributed by atoms with van der Waals surface area (Å²) in [7, 11) is 0. The molecular formula is C22H29FN2OS. The minimum Gasteiger partial charge on any atom is -0.380 e. The Kier molecular flexibility index (Phi) is 6.43. The summed E-state index contributed by atoms with van der Waals surface area (Å²) in [6, 6.07) is 12.9. The second-order valence-electron chi connectivity index (χ2n) is 7.69. The van der Waals surface area contributed by atoms with E-state index in [1.165, 1.54) is 29.0 Å². The summed E-state index contributed by atoms with van der Waals surface area (Å²) in [5.74, 6) is 0.646. The fourth-order valence-electron chi connectivity index (χ4n) is 4.13.